The van der Waals surface area contributed by atoms with Gasteiger partial charge in [-0.3, -0.25) is 0 Å². The average Bonchev–Trinajstić information content (AvgIpc) is 3.00. The molecule has 1 heterocycles. The van der Waals surface area contributed by atoms with E-state index in [4.69, 9.17) is 0 Å². The van der Waals surface area contributed by atoms with E-state index in [1.807, 2.05) is 60.7 Å². The van der Waals surface area contributed by atoms with Crippen molar-refractivity contribution in [2.24, 2.45) is 5.16 Å². The van der Waals surface area contributed by atoms with E-state index in [0.717, 1.165) is 21.4 Å². The summed E-state index contributed by atoms with van der Waals surface area (Å²) in [4.78, 5) is 6.74. The number of hydrogen-bond donors (Lipinski definition) is 1. The van der Waals surface area contributed by atoms with E-state index >= 15 is 0 Å². The van der Waals surface area contributed by atoms with Gasteiger partial charge in [0, 0.05) is 0 Å². The minimum atomic E-state index is 0.0859. The molecule has 0 atom stereocenters. The maximum atomic E-state index is 9.29. The van der Waals surface area contributed by atoms with E-state index in [1.165, 1.54) is 0 Å². The molecule has 0 amide bonds. The average molecular weight is 327 g/mol. The van der Waals surface area contributed by atoms with Crippen LogP contribution in [0.2, 0.25) is 0 Å². The van der Waals surface area contributed by atoms with E-state index in [2.05, 4.69) is 15.1 Å². The molecule has 0 saturated heterocycles. The van der Waals surface area contributed by atoms with Crippen LogP contribution < -0.4 is 0 Å². The molecular weight excluding hydrogens is 315 g/mol. The molecular formula is C16H12N2OSe. The monoisotopic (exact) mass is 328 g/mol. The molecule has 2 aromatic carbocycles. The van der Waals surface area contributed by atoms with Crippen LogP contribution >= 0.6 is 0 Å². The quantitative estimate of drug-likeness (QED) is 0.348. The molecule has 98 valence electrons. The van der Waals surface area contributed by atoms with E-state index in [0.29, 0.717) is 5.71 Å². The predicted molar refractivity (Wildman–Crippen MR) is 80.5 cm³/mol. The second-order valence-electron chi connectivity index (χ2n) is 4.22. The summed E-state index contributed by atoms with van der Waals surface area (Å²) in [5, 5.41) is 12.7. The van der Waals surface area contributed by atoms with E-state index in [-0.39, 0.29) is 14.5 Å². The Balaban J connectivity index is 1.98. The van der Waals surface area contributed by atoms with Gasteiger partial charge in [-0.25, -0.2) is 0 Å². The summed E-state index contributed by atoms with van der Waals surface area (Å²) < 4.78 is 0.852. The van der Waals surface area contributed by atoms with Crippen LogP contribution in [0.1, 0.15) is 10.1 Å². The third-order valence-corrected chi connectivity index (χ3v) is 4.70. The summed E-state index contributed by atoms with van der Waals surface area (Å²) in [6.45, 7) is 0. The molecule has 0 fully saturated rings. The Bertz CT molecular complexity index is 721. The molecule has 0 saturated carbocycles. The molecule has 3 nitrogen and oxygen atoms in total. The zero-order chi connectivity index (χ0) is 13.8. The van der Waals surface area contributed by atoms with Gasteiger partial charge in [-0.1, -0.05) is 0 Å². The Labute approximate surface area is 123 Å². The van der Waals surface area contributed by atoms with Crippen LogP contribution in [0, 0.1) is 0 Å². The van der Waals surface area contributed by atoms with Crippen molar-refractivity contribution < 1.29 is 5.21 Å². The van der Waals surface area contributed by atoms with Crippen molar-refractivity contribution in [3.05, 3.63) is 75.7 Å². The number of aromatic nitrogens is 1. The molecule has 0 radical (unpaired) electrons. The third-order valence-electron chi connectivity index (χ3n) is 2.92. The Morgan fingerprint density at radius 2 is 1.60 bits per heavy atom. The van der Waals surface area contributed by atoms with E-state index < -0.39 is 0 Å². The van der Waals surface area contributed by atoms with Crippen molar-refractivity contribution >= 4 is 20.2 Å². The zero-order valence-electron chi connectivity index (χ0n) is 10.6. The molecule has 4 heteroatoms. The second-order valence-corrected chi connectivity index (χ2v) is 6.02. The van der Waals surface area contributed by atoms with Crippen LogP contribution in [0.3, 0.4) is 0 Å². The van der Waals surface area contributed by atoms with Gasteiger partial charge in [0.25, 0.3) is 0 Å². The van der Waals surface area contributed by atoms with Crippen molar-refractivity contribution in [1.29, 1.82) is 0 Å². The third kappa shape index (κ3) is 2.57. The number of nitrogens with zero attached hydrogens (tertiary/aromatic N) is 2. The summed E-state index contributed by atoms with van der Waals surface area (Å²) in [6, 6.07) is 19.7. The minimum absolute atomic E-state index is 0.0859. The van der Waals surface area contributed by atoms with Crippen molar-refractivity contribution in [2.45, 2.75) is 0 Å². The van der Waals surface area contributed by atoms with Gasteiger partial charge in [0.05, 0.1) is 0 Å². The van der Waals surface area contributed by atoms with Gasteiger partial charge in [-0.2, -0.15) is 0 Å². The van der Waals surface area contributed by atoms with Crippen molar-refractivity contribution in [3.8, 4) is 11.3 Å². The number of rotatable bonds is 3. The maximum absolute atomic E-state index is 9.29. The molecule has 0 bridgehead atoms. The van der Waals surface area contributed by atoms with Crippen LogP contribution in [0.4, 0.5) is 0 Å². The normalized spacial score (nSPS) is 11.5. The number of oxime groups is 1. The predicted octanol–water partition coefficient (Wildman–Crippen LogP) is 3.03. The van der Waals surface area contributed by atoms with Gasteiger partial charge in [0.15, 0.2) is 0 Å². The number of hydrogen-bond acceptors (Lipinski definition) is 3. The Morgan fingerprint density at radius 3 is 2.25 bits per heavy atom. The molecule has 0 aliphatic carbocycles. The summed E-state index contributed by atoms with van der Waals surface area (Å²) >= 11 is 0.0859. The van der Waals surface area contributed by atoms with Crippen LogP contribution in [-0.2, 0) is 0 Å². The SMILES string of the molecule is O/N=C(/c1ccccc1)c1nc(-c2ccccc2)c[se]1. The molecule has 3 rings (SSSR count). The first-order valence-corrected chi connectivity index (χ1v) is 8.02. The summed E-state index contributed by atoms with van der Waals surface area (Å²) in [7, 11) is 0. The van der Waals surface area contributed by atoms with Gasteiger partial charge >= 0.3 is 123 Å². The van der Waals surface area contributed by atoms with Gasteiger partial charge in [0.1, 0.15) is 0 Å². The van der Waals surface area contributed by atoms with Crippen molar-refractivity contribution in [2.75, 3.05) is 0 Å². The fourth-order valence-corrected chi connectivity index (χ4v) is 3.69. The fraction of sp³-hybridized carbons (Fsp3) is 0. The molecule has 0 unspecified atom stereocenters. The molecule has 1 N–H and O–H groups in total. The van der Waals surface area contributed by atoms with Crippen LogP contribution in [0.5, 0.6) is 0 Å². The van der Waals surface area contributed by atoms with Gasteiger partial charge in [-0.15, -0.1) is 0 Å². The first kappa shape index (κ1) is 12.9. The molecule has 1 aromatic heterocycles. The van der Waals surface area contributed by atoms with E-state index in [1.54, 1.807) is 0 Å². The Morgan fingerprint density at radius 1 is 0.950 bits per heavy atom. The molecule has 3 aromatic rings. The second kappa shape index (κ2) is 5.86. The molecule has 0 aliphatic heterocycles. The van der Waals surface area contributed by atoms with Crippen LogP contribution in [0.25, 0.3) is 11.3 Å². The Hall–Kier alpha value is -2.16. The van der Waals surface area contributed by atoms with Gasteiger partial charge < -0.3 is 0 Å². The fourth-order valence-electron chi connectivity index (χ4n) is 1.94. The van der Waals surface area contributed by atoms with Gasteiger partial charge in [-0.05, 0) is 0 Å². The van der Waals surface area contributed by atoms with Gasteiger partial charge in [0.2, 0.25) is 0 Å². The Kier molecular flexibility index (Phi) is 3.77. The first-order valence-electron chi connectivity index (χ1n) is 6.17. The first-order chi connectivity index (χ1) is 9.88. The van der Waals surface area contributed by atoms with Crippen LogP contribution in [-0.4, -0.2) is 30.4 Å². The molecule has 0 aliphatic rings. The molecule has 20 heavy (non-hydrogen) atoms. The number of benzene rings is 2. The van der Waals surface area contributed by atoms with Crippen molar-refractivity contribution in [1.82, 2.24) is 4.98 Å². The zero-order valence-corrected chi connectivity index (χ0v) is 12.3. The van der Waals surface area contributed by atoms with E-state index in [9.17, 15) is 5.21 Å². The topological polar surface area (TPSA) is 45.5 Å². The summed E-state index contributed by atoms with van der Waals surface area (Å²) in [5.74, 6) is 0. The summed E-state index contributed by atoms with van der Waals surface area (Å²) in [6.07, 6.45) is 0. The van der Waals surface area contributed by atoms with Crippen LogP contribution in [0.15, 0.2) is 70.8 Å². The van der Waals surface area contributed by atoms with Crippen molar-refractivity contribution in [3.63, 3.8) is 0 Å². The molecule has 0 spiro atoms. The summed E-state index contributed by atoms with van der Waals surface area (Å²) in [5.41, 5.74) is 3.50. The standard InChI is InChI=1S/C16H12N2OSe/c19-18-15(13-9-5-2-6-10-13)16-17-14(11-20-16)12-7-3-1-4-8-12/h1-11,19H/b18-15-.